The van der Waals surface area contributed by atoms with Gasteiger partial charge in [-0.25, -0.2) is 0 Å². The first-order valence-corrected chi connectivity index (χ1v) is 5.14. The molecule has 1 aromatic rings. The fraction of sp³-hybridized carbons (Fsp3) is 0.308. The summed E-state index contributed by atoms with van der Waals surface area (Å²) in [5.74, 6) is 5.87. The van der Waals surface area contributed by atoms with Crippen LogP contribution in [0.2, 0.25) is 0 Å². The van der Waals surface area contributed by atoms with E-state index in [0.717, 1.165) is 24.8 Å². The molecule has 1 rings (SSSR count). The summed E-state index contributed by atoms with van der Waals surface area (Å²) in [6.45, 7) is 2.12. The molecule has 3 N–H and O–H groups in total. The lowest BCUT2D eigenvalue weighted by atomic mass is 10.1. The summed E-state index contributed by atoms with van der Waals surface area (Å²) in [6, 6.07) is 9.47. The number of benzene rings is 1. The van der Waals surface area contributed by atoms with Crippen molar-refractivity contribution in [1.29, 1.82) is 0 Å². The summed E-state index contributed by atoms with van der Waals surface area (Å²) in [4.78, 5) is 0. The number of nitrogens with zero attached hydrogens (tertiary/aromatic N) is 1. The smallest absolute Gasteiger partial charge is 0.159 e. The lowest BCUT2D eigenvalue weighted by Crippen LogP contribution is -1.96. The highest BCUT2D eigenvalue weighted by Gasteiger charge is 1.97. The predicted octanol–water partition coefficient (Wildman–Crippen LogP) is 2.23. The highest BCUT2D eigenvalue weighted by molar-refractivity contribution is 6.12. The molecule has 3 heteroatoms. The molecule has 86 valence electrons. The van der Waals surface area contributed by atoms with Crippen molar-refractivity contribution in [3.63, 3.8) is 0 Å². The second kappa shape index (κ2) is 8.51. The molecule has 16 heavy (non-hydrogen) atoms. The van der Waals surface area contributed by atoms with Gasteiger partial charge in [-0.05, 0) is 12.3 Å². The first-order valence-electron chi connectivity index (χ1n) is 5.14. The second-order valence-electron chi connectivity index (χ2n) is 3.22. The van der Waals surface area contributed by atoms with Gasteiger partial charge in [-0.1, -0.05) is 54.8 Å². The van der Waals surface area contributed by atoms with E-state index >= 15 is 0 Å². The standard InChI is InChI=1S/C13H15NO.H2O/c1-2-3-4-8-11-13(14-15)12-9-6-5-7-10-12;/h5-7,9-10,15H,2-4H2,1H3;1H2/b14-13+;. The van der Waals surface area contributed by atoms with E-state index in [1.165, 1.54) is 0 Å². The van der Waals surface area contributed by atoms with E-state index < -0.39 is 0 Å². The number of oxime groups is 1. The lowest BCUT2D eigenvalue weighted by Gasteiger charge is -1.94. The SMILES string of the molecule is CCCCC#C/C(=N\O)c1ccccc1.O. The number of rotatable bonds is 3. The Morgan fingerprint density at radius 3 is 2.56 bits per heavy atom. The molecular weight excluding hydrogens is 202 g/mol. The van der Waals surface area contributed by atoms with E-state index in [2.05, 4.69) is 23.9 Å². The van der Waals surface area contributed by atoms with E-state index in [4.69, 9.17) is 5.21 Å². The molecule has 0 saturated heterocycles. The Bertz CT molecular complexity index is 374. The minimum absolute atomic E-state index is 0. The van der Waals surface area contributed by atoms with Gasteiger partial charge in [-0.15, -0.1) is 0 Å². The number of hydrogen-bond donors (Lipinski definition) is 1. The summed E-state index contributed by atoms with van der Waals surface area (Å²) in [7, 11) is 0. The van der Waals surface area contributed by atoms with Crippen LogP contribution in [0.3, 0.4) is 0 Å². The van der Waals surface area contributed by atoms with E-state index in [-0.39, 0.29) is 5.48 Å². The van der Waals surface area contributed by atoms with Gasteiger partial charge in [0.1, 0.15) is 0 Å². The van der Waals surface area contributed by atoms with Crippen LogP contribution in [-0.4, -0.2) is 16.4 Å². The molecule has 0 bridgehead atoms. The Hall–Kier alpha value is -1.79. The molecule has 0 amide bonds. The maximum atomic E-state index is 8.82. The van der Waals surface area contributed by atoms with Gasteiger partial charge < -0.3 is 10.7 Å². The van der Waals surface area contributed by atoms with Gasteiger partial charge in [0.25, 0.3) is 0 Å². The zero-order chi connectivity index (χ0) is 10.9. The quantitative estimate of drug-likeness (QED) is 0.274. The molecule has 0 heterocycles. The summed E-state index contributed by atoms with van der Waals surface area (Å²) in [5.41, 5.74) is 1.29. The monoisotopic (exact) mass is 219 g/mol. The molecular formula is C13H17NO2. The minimum atomic E-state index is 0. The van der Waals surface area contributed by atoms with E-state index in [0.29, 0.717) is 5.71 Å². The Balaban J connectivity index is 0.00000225. The molecule has 0 aliphatic rings. The van der Waals surface area contributed by atoms with Crippen molar-refractivity contribution in [3.8, 4) is 11.8 Å². The van der Waals surface area contributed by atoms with E-state index in [1.54, 1.807) is 0 Å². The summed E-state index contributed by atoms with van der Waals surface area (Å²) in [5, 5.41) is 12.0. The van der Waals surface area contributed by atoms with Crippen molar-refractivity contribution >= 4 is 5.71 Å². The summed E-state index contributed by atoms with van der Waals surface area (Å²) in [6.07, 6.45) is 3.06. The Labute approximate surface area is 96.1 Å². The van der Waals surface area contributed by atoms with E-state index in [9.17, 15) is 0 Å². The largest absolute Gasteiger partial charge is 0.412 e. The van der Waals surface area contributed by atoms with Crippen LogP contribution in [0.15, 0.2) is 35.5 Å². The fourth-order valence-corrected chi connectivity index (χ4v) is 1.16. The molecule has 0 aromatic heterocycles. The Kier molecular flexibility index (Phi) is 7.56. The van der Waals surface area contributed by atoms with Crippen LogP contribution in [0.4, 0.5) is 0 Å². The van der Waals surface area contributed by atoms with Gasteiger partial charge in [0, 0.05) is 12.0 Å². The number of hydrogen-bond acceptors (Lipinski definition) is 2. The van der Waals surface area contributed by atoms with Crippen LogP contribution in [0.25, 0.3) is 0 Å². The predicted molar refractivity (Wildman–Crippen MR) is 65.7 cm³/mol. The van der Waals surface area contributed by atoms with Gasteiger partial charge in [-0.3, -0.25) is 0 Å². The van der Waals surface area contributed by atoms with Crippen LogP contribution < -0.4 is 0 Å². The second-order valence-corrected chi connectivity index (χ2v) is 3.22. The third-order valence-electron chi connectivity index (χ3n) is 2.01. The van der Waals surface area contributed by atoms with Crippen LogP contribution in [0, 0.1) is 11.8 Å². The van der Waals surface area contributed by atoms with Gasteiger partial charge in [0.2, 0.25) is 0 Å². The molecule has 0 unspecified atom stereocenters. The summed E-state index contributed by atoms with van der Waals surface area (Å²) >= 11 is 0. The van der Waals surface area contributed by atoms with Crippen molar-refractivity contribution in [3.05, 3.63) is 35.9 Å². The van der Waals surface area contributed by atoms with Gasteiger partial charge in [-0.2, -0.15) is 0 Å². The highest BCUT2D eigenvalue weighted by atomic mass is 16.4. The maximum absolute atomic E-state index is 8.82. The van der Waals surface area contributed by atoms with Crippen LogP contribution in [0.1, 0.15) is 31.7 Å². The van der Waals surface area contributed by atoms with Crippen molar-refractivity contribution in [2.24, 2.45) is 5.16 Å². The van der Waals surface area contributed by atoms with Crippen LogP contribution in [0.5, 0.6) is 0 Å². The molecule has 3 nitrogen and oxygen atoms in total. The minimum Gasteiger partial charge on any atom is -0.412 e. The Morgan fingerprint density at radius 1 is 1.31 bits per heavy atom. The molecule has 0 aliphatic heterocycles. The first kappa shape index (κ1) is 14.2. The topological polar surface area (TPSA) is 64.1 Å². The molecule has 0 fully saturated rings. The van der Waals surface area contributed by atoms with Crippen LogP contribution >= 0.6 is 0 Å². The van der Waals surface area contributed by atoms with Crippen molar-refractivity contribution in [2.75, 3.05) is 0 Å². The van der Waals surface area contributed by atoms with Gasteiger partial charge >= 0.3 is 0 Å². The zero-order valence-corrected chi connectivity index (χ0v) is 9.40. The van der Waals surface area contributed by atoms with Gasteiger partial charge in [0.15, 0.2) is 5.71 Å². The normalized spacial score (nSPS) is 9.94. The molecule has 1 aromatic carbocycles. The average Bonchev–Trinajstić information content (AvgIpc) is 2.30. The molecule has 0 aliphatic carbocycles. The Morgan fingerprint density at radius 2 is 2.00 bits per heavy atom. The van der Waals surface area contributed by atoms with Crippen LogP contribution in [-0.2, 0) is 0 Å². The summed E-state index contributed by atoms with van der Waals surface area (Å²) < 4.78 is 0. The molecule has 0 saturated carbocycles. The third kappa shape index (κ3) is 4.63. The average molecular weight is 219 g/mol. The fourth-order valence-electron chi connectivity index (χ4n) is 1.16. The van der Waals surface area contributed by atoms with E-state index in [1.807, 2.05) is 30.3 Å². The zero-order valence-electron chi connectivity index (χ0n) is 9.40. The highest BCUT2D eigenvalue weighted by Crippen LogP contribution is 2.00. The van der Waals surface area contributed by atoms with Crippen molar-refractivity contribution in [2.45, 2.75) is 26.2 Å². The van der Waals surface area contributed by atoms with Crippen molar-refractivity contribution < 1.29 is 10.7 Å². The van der Waals surface area contributed by atoms with Crippen molar-refractivity contribution in [1.82, 2.24) is 0 Å². The number of unbranched alkanes of at least 4 members (excludes halogenated alkanes) is 2. The molecule has 0 radical (unpaired) electrons. The lowest BCUT2D eigenvalue weighted by molar-refractivity contribution is 0.320. The molecule has 0 atom stereocenters. The third-order valence-corrected chi connectivity index (χ3v) is 2.01. The van der Waals surface area contributed by atoms with Gasteiger partial charge in [0.05, 0.1) is 0 Å². The first-order chi connectivity index (χ1) is 7.38. The maximum Gasteiger partial charge on any atom is 0.159 e. The molecule has 0 spiro atoms.